The van der Waals surface area contributed by atoms with Crippen LogP contribution in [0, 0.1) is 0 Å². The van der Waals surface area contributed by atoms with Crippen LogP contribution in [-0.2, 0) is 16.1 Å². The summed E-state index contributed by atoms with van der Waals surface area (Å²) in [6.07, 6.45) is 0.101. The van der Waals surface area contributed by atoms with Gasteiger partial charge in [-0.15, -0.1) is 0 Å². The summed E-state index contributed by atoms with van der Waals surface area (Å²) in [5, 5.41) is 3.16. The third kappa shape index (κ3) is 4.82. The molecule has 1 aromatic rings. The number of nitrogens with zero attached hydrogens (tertiary/aromatic N) is 2. The molecule has 0 fully saturated rings. The van der Waals surface area contributed by atoms with Gasteiger partial charge in [-0.25, -0.2) is 15.8 Å². The highest BCUT2D eigenvalue weighted by atomic mass is 16.5. The van der Waals surface area contributed by atoms with Crippen molar-refractivity contribution in [3.05, 3.63) is 11.9 Å². The molecular formula is C11H21N5O2. The number of rotatable bonds is 8. The van der Waals surface area contributed by atoms with Crippen molar-refractivity contribution in [2.45, 2.75) is 26.6 Å². The molecule has 1 heterocycles. The van der Waals surface area contributed by atoms with Crippen molar-refractivity contribution in [2.24, 2.45) is 5.84 Å². The first-order chi connectivity index (χ1) is 8.69. The fourth-order valence-corrected chi connectivity index (χ4v) is 1.25. The summed E-state index contributed by atoms with van der Waals surface area (Å²) in [4.78, 5) is 8.52. The molecule has 7 nitrogen and oxygen atoms in total. The molecule has 0 bridgehead atoms. The van der Waals surface area contributed by atoms with Gasteiger partial charge in [0, 0.05) is 26.3 Å². The molecular weight excluding hydrogens is 234 g/mol. The van der Waals surface area contributed by atoms with Crippen molar-refractivity contribution in [3.8, 4) is 0 Å². The van der Waals surface area contributed by atoms with Gasteiger partial charge in [0.1, 0.15) is 18.2 Å². The Morgan fingerprint density at radius 3 is 2.72 bits per heavy atom. The minimum atomic E-state index is 0.101. The average molecular weight is 255 g/mol. The summed E-state index contributed by atoms with van der Waals surface area (Å²) < 4.78 is 10.4. The molecule has 0 saturated carbocycles. The van der Waals surface area contributed by atoms with Crippen LogP contribution in [0.25, 0.3) is 0 Å². The first-order valence-electron chi connectivity index (χ1n) is 5.88. The normalized spacial score (nSPS) is 12.2. The third-order valence-corrected chi connectivity index (χ3v) is 2.33. The maximum Gasteiger partial charge on any atom is 0.158 e. The van der Waals surface area contributed by atoms with Crippen molar-refractivity contribution in [1.29, 1.82) is 0 Å². The largest absolute Gasteiger partial charge is 0.380 e. The lowest BCUT2D eigenvalue weighted by atomic mass is 10.4. The van der Waals surface area contributed by atoms with Crippen LogP contribution in [0.3, 0.4) is 0 Å². The van der Waals surface area contributed by atoms with Crippen LogP contribution >= 0.6 is 0 Å². The summed E-state index contributed by atoms with van der Waals surface area (Å²) in [7, 11) is 1.67. The molecule has 1 aromatic heterocycles. The topological polar surface area (TPSA) is 94.3 Å². The molecule has 0 aromatic carbocycles. The number of methoxy groups -OCH3 is 1. The van der Waals surface area contributed by atoms with E-state index in [1.54, 1.807) is 13.2 Å². The van der Waals surface area contributed by atoms with Crippen molar-refractivity contribution < 1.29 is 9.47 Å². The third-order valence-electron chi connectivity index (χ3n) is 2.33. The standard InChI is InChI=1S/C11H21N5O2/c1-4-18-7-11-14-9(5-10(15-11)16-12)13-6-8(2)17-3/h5,8H,4,6-7,12H2,1-3H3,(H2,13,14,15,16). The van der Waals surface area contributed by atoms with Gasteiger partial charge in [0.2, 0.25) is 0 Å². The molecule has 0 aliphatic carbocycles. The lowest BCUT2D eigenvalue weighted by Gasteiger charge is -2.13. The lowest BCUT2D eigenvalue weighted by molar-refractivity contribution is 0.127. The van der Waals surface area contributed by atoms with Gasteiger partial charge in [-0.3, -0.25) is 0 Å². The van der Waals surface area contributed by atoms with Gasteiger partial charge in [-0.1, -0.05) is 0 Å². The first-order valence-corrected chi connectivity index (χ1v) is 5.88. The summed E-state index contributed by atoms with van der Waals surface area (Å²) in [5.74, 6) is 7.19. The Hall–Kier alpha value is -1.44. The Morgan fingerprint density at radius 1 is 1.39 bits per heavy atom. The predicted octanol–water partition coefficient (Wildman–Crippen LogP) is 0.745. The van der Waals surface area contributed by atoms with E-state index in [0.717, 1.165) is 0 Å². The molecule has 1 rings (SSSR count). The summed E-state index contributed by atoms with van der Waals surface area (Å²) in [6, 6.07) is 1.73. The summed E-state index contributed by atoms with van der Waals surface area (Å²) >= 11 is 0. The Balaban J connectivity index is 2.70. The van der Waals surface area contributed by atoms with E-state index in [2.05, 4.69) is 20.7 Å². The summed E-state index contributed by atoms with van der Waals surface area (Å²) in [5.41, 5.74) is 2.51. The minimum Gasteiger partial charge on any atom is -0.380 e. The van der Waals surface area contributed by atoms with E-state index in [0.29, 0.717) is 37.2 Å². The second kappa shape index (κ2) is 7.80. The van der Waals surface area contributed by atoms with Crippen LogP contribution in [0.1, 0.15) is 19.7 Å². The van der Waals surface area contributed by atoms with Crippen molar-refractivity contribution in [1.82, 2.24) is 9.97 Å². The highest BCUT2D eigenvalue weighted by Crippen LogP contribution is 2.11. The molecule has 0 aliphatic rings. The van der Waals surface area contributed by atoms with Crippen LogP contribution in [0.15, 0.2) is 6.07 Å². The molecule has 0 spiro atoms. The van der Waals surface area contributed by atoms with Crippen LogP contribution in [0.2, 0.25) is 0 Å². The molecule has 1 unspecified atom stereocenters. The quantitative estimate of drug-likeness (QED) is 0.466. The van der Waals surface area contributed by atoms with E-state index in [1.165, 1.54) is 0 Å². The van der Waals surface area contributed by atoms with Gasteiger partial charge >= 0.3 is 0 Å². The van der Waals surface area contributed by atoms with Crippen LogP contribution in [0.5, 0.6) is 0 Å². The number of ether oxygens (including phenoxy) is 2. The second-order valence-corrected chi connectivity index (χ2v) is 3.76. The smallest absolute Gasteiger partial charge is 0.158 e. The van der Waals surface area contributed by atoms with E-state index < -0.39 is 0 Å². The Morgan fingerprint density at radius 2 is 2.11 bits per heavy atom. The number of hydrazine groups is 1. The number of nitrogens with two attached hydrogens (primary N) is 1. The van der Waals surface area contributed by atoms with Crippen LogP contribution < -0.4 is 16.6 Å². The van der Waals surface area contributed by atoms with Gasteiger partial charge in [-0.2, -0.15) is 0 Å². The Bertz CT molecular complexity index is 361. The van der Waals surface area contributed by atoms with Gasteiger partial charge in [0.25, 0.3) is 0 Å². The van der Waals surface area contributed by atoms with Gasteiger partial charge in [0.15, 0.2) is 5.82 Å². The fourth-order valence-electron chi connectivity index (χ4n) is 1.25. The van der Waals surface area contributed by atoms with Crippen LogP contribution in [-0.4, -0.2) is 36.3 Å². The molecule has 18 heavy (non-hydrogen) atoms. The zero-order valence-corrected chi connectivity index (χ0v) is 11.1. The molecule has 0 aliphatic heterocycles. The summed E-state index contributed by atoms with van der Waals surface area (Å²) in [6.45, 7) is 5.53. The number of hydrogen-bond acceptors (Lipinski definition) is 7. The van der Waals surface area contributed by atoms with Crippen molar-refractivity contribution in [3.63, 3.8) is 0 Å². The van der Waals surface area contributed by atoms with E-state index >= 15 is 0 Å². The van der Waals surface area contributed by atoms with Gasteiger partial charge < -0.3 is 20.2 Å². The average Bonchev–Trinajstić information content (AvgIpc) is 2.42. The molecule has 0 amide bonds. The first kappa shape index (κ1) is 14.6. The van der Waals surface area contributed by atoms with Crippen molar-refractivity contribution >= 4 is 11.6 Å². The number of hydrogen-bond donors (Lipinski definition) is 3. The van der Waals surface area contributed by atoms with Gasteiger partial charge in [-0.05, 0) is 13.8 Å². The van der Waals surface area contributed by atoms with Gasteiger partial charge in [0.05, 0.1) is 6.10 Å². The van der Waals surface area contributed by atoms with E-state index in [1.807, 2.05) is 13.8 Å². The Kier molecular flexibility index (Phi) is 6.34. The molecule has 0 saturated heterocycles. The van der Waals surface area contributed by atoms with E-state index in [9.17, 15) is 0 Å². The molecule has 4 N–H and O–H groups in total. The monoisotopic (exact) mass is 255 g/mol. The van der Waals surface area contributed by atoms with E-state index in [4.69, 9.17) is 15.3 Å². The van der Waals surface area contributed by atoms with Crippen molar-refractivity contribution in [2.75, 3.05) is 31.0 Å². The van der Waals surface area contributed by atoms with E-state index in [-0.39, 0.29) is 6.10 Å². The minimum absolute atomic E-state index is 0.101. The number of nitrogens with one attached hydrogen (secondary N) is 2. The molecule has 102 valence electrons. The fraction of sp³-hybridized carbons (Fsp3) is 0.636. The number of nitrogen functional groups attached to an aromatic ring is 1. The lowest BCUT2D eigenvalue weighted by Crippen LogP contribution is -2.20. The highest BCUT2D eigenvalue weighted by molar-refractivity contribution is 5.46. The van der Waals surface area contributed by atoms with Crippen LogP contribution in [0.4, 0.5) is 11.6 Å². The molecule has 0 radical (unpaired) electrons. The molecule has 7 heteroatoms. The molecule has 1 atom stereocenters. The Labute approximate surface area is 107 Å². The SMILES string of the molecule is CCOCc1nc(NN)cc(NCC(C)OC)n1. The maximum atomic E-state index is 5.36. The highest BCUT2D eigenvalue weighted by Gasteiger charge is 2.05. The zero-order valence-electron chi connectivity index (χ0n) is 11.1. The maximum absolute atomic E-state index is 5.36. The number of aromatic nitrogens is 2. The zero-order chi connectivity index (χ0) is 13.4. The number of anilines is 2. The predicted molar refractivity (Wildman–Crippen MR) is 70.1 cm³/mol. The second-order valence-electron chi connectivity index (χ2n) is 3.76.